The summed E-state index contributed by atoms with van der Waals surface area (Å²) in [6, 6.07) is 11.2. The van der Waals surface area contributed by atoms with Crippen LogP contribution in [0.15, 0.2) is 53.9 Å². The van der Waals surface area contributed by atoms with Gasteiger partial charge in [-0.15, -0.1) is 6.42 Å². The predicted octanol–water partition coefficient (Wildman–Crippen LogP) is 3.36. The number of hydrogen-bond donors (Lipinski definition) is 0. The van der Waals surface area contributed by atoms with Gasteiger partial charge < -0.3 is 0 Å². The molecule has 0 saturated carbocycles. The second kappa shape index (κ2) is 6.08. The molecule has 5 nitrogen and oxygen atoms in total. The second-order valence-corrected chi connectivity index (χ2v) is 6.15. The fourth-order valence-corrected chi connectivity index (χ4v) is 3.28. The number of aromatic nitrogens is 3. The standard InChI is InChI=1S/C21H16N4O/c1-4-15-8-9-18-16(11-15)20(17-7-5-6-10-22-17)24-13(2)21-19(14(3)26)23-12-25(18)21/h1,5-13H,2-3H3/t13-/m0/s1. The monoisotopic (exact) mass is 340 g/mol. The molecule has 0 spiro atoms. The van der Waals surface area contributed by atoms with Crippen molar-refractivity contribution in [2.75, 3.05) is 0 Å². The van der Waals surface area contributed by atoms with Crippen LogP contribution in [-0.2, 0) is 0 Å². The summed E-state index contributed by atoms with van der Waals surface area (Å²) >= 11 is 0. The maximum atomic E-state index is 12.0. The molecule has 0 saturated heterocycles. The fraction of sp³-hybridized carbons (Fsp3) is 0.143. The number of pyridine rings is 1. The van der Waals surface area contributed by atoms with Crippen LogP contribution in [0.4, 0.5) is 0 Å². The zero-order valence-electron chi connectivity index (χ0n) is 14.5. The summed E-state index contributed by atoms with van der Waals surface area (Å²) < 4.78 is 1.93. The number of ketones is 1. The third-order valence-corrected chi connectivity index (χ3v) is 4.44. The van der Waals surface area contributed by atoms with Crippen LogP contribution in [0.5, 0.6) is 0 Å². The second-order valence-electron chi connectivity index (χ2n) is 6.15. The first-order valence-corrected chi connectivity index (χ1v) is 8.29. The molecule has 0 radical (unpaired) electrons. The summed E-state index contributed by atoms with van der Waals surface area (Å²) in [4.78, 5) is 25.7. The van der Waals surface area contributed by atoms with Crippen molar-refractivity contribution in [2.24, 2.45) is 4.99 Å². The fourth-order valence-electron chi connectivity index (χ4n) is 3.28. The largest absolute Gasteiger partial charge is 0.300 e. The summed E-state index contributed by atoms with van der Waals surface area (Å²) in [5, 5.41) is 0. The van der Waals surface area contributed by atoms with Crippen molar-refractivity contribution in [3.8, 4) is 18.0 Å². The van der Waals surface area contributed by atoms with E-state index in [1.54, 1.807) is 12.5 Å². The topological polar surface area (TPSA) is 60.1 Å². The molecule has 0 fully saturated rings. The van der Waals surface area contributed by atoms with Gasteiger partial charge in [0.1, 0.15) is 12.0 Å². The molecule has 3 heterocycles. The lowest BCUT2D eigenvalue weighted by Crippen LogP contribution is -2.09. The van der Waals surface area contributed by atoms with Crippen molar-refractivity contribution < 1.29 is 4.79 Å². The Bertz CT molecular complexity index is 1090. The molecule has 0 aliphatic carbocycles. The SMILES string of the molecule is C#Cc1ccc2c(c1)C(c1ccccn1)=N[C@@H](C)c1c(C(C)=O)ncn1-2. The zero-order valence-corrected chi connectivity index (χ0v) is 14.5. The van der Waals surface area contributed by atoms with E-state index < -0.39 is 0 Å². The maximum Gasteiger partial charge on any atom is 0.180 e. The average Bonchev–Trinajstić information content (AvgIpc) is 3.07. The van der Waals surface area contributed by atoms with Crippen molar-refractivity contribution in [3.05, 3.63) is 77.1 Å². The molecule has 1 aliphatic heterocycles. The normalized spacial score (nSPS) is 15.3. The summed E-state index contributed by atoms with van der Waals surface area (Å²) in [5.41, 5.74) is 5.25. The van der Waals surface area contributed by atoms with E-state index in [0.29, 0.717) is 5.69 Å². The van der Waals surface area contributed by atoms with E-state index in [9.17, 15) is 4.79 Å². The van der Waals surface area contributed by atoms with Gasteiger partial charge in [-0.3, -0.25) is 19.3 Å². The van der Waals surface area contributed by atoms with Crippen LogP contribution in [-0.4, -0.2) is 26.0 Å². The van der Waals surface area contributed by atoms with E-state index in [0.717, 1.165) is 33.9 Å². The van der Waals surface area contributed by atoms with Gasteiger partial charge in [0, 0.05) is 24.2 Å². The average molecular weight is 340 g/mol. The Morgan fingerprint density at radius 2 is 2.08 bits per heavy atom. The number of imidazole rings is 1. The third kappa shape index (κ3) is 2.44. The molecule has 4 rings (SSSR count). The van der Waals surface area contributed by atoms with Gasteiger partial charge in [0.15, 0.2) is 5.78 Å². The van der Waals surface area contributed by atoms with Gasteiger partial charge in [0.25, 0.3) is 0 Å². The predicted molar refractivity (Wildman–Crippen MR) is 99.8 cm³/mol. The lowest BCUT2D eigenvalue weighted by molar-refractivity contribution is 0.101. The van der Waals surface area contributed by atoms with Crippen molar-refractivity contribution in [1.29, 1.82) is 0 Å². The highest BCUT2D eigenvalue weighted by molar-refractivity contribution is 6.14. The Balaban J connectivity index is 2.06. The molecule has 0 amide bonds. The first kappa shape index (κ1) is 16.0. The van der Waals surface area contributed by atoms with Gasteiger partial charge in [0.2, 0.25) is 0 Å². The lowest BCUT2D eigenvalue weighted by atomic mass is 10.0. The molecule has 1 aromatic carbocycles. The lowest BCUT2D eigenvalue weighted by Gasteiger charge is -2.12. The quantitative estimate of drug-likeness (QED) is 0.531. The summed E-state index contributed by atoms with van der Waals surface area (Å²) in [5.74, 6) is 2.59. The van der Waals surface area contributed by atoms with Crippen LogP contribution >= 0.6 is 0 Å². The number of Topliss-reactive ketones (excluding diaryl/α,β-unsaturated/α-hetero) is 1. The first-order chi connectivity index (χ1) is 12.6. The molecule has 126 valence electrons. The minimum Gasteiger partial charge on any atom is -0.300 e. The minimum atomic E-state index is -0.255. The highest BCUT2D eigenvalue weighted by Gasteiger charge is 2.27. The Morgan fingerprint density at radius 1 is 1.23 bits per heavy atom. The smallest absolute Gasteiger partial charge is 0.180 e. The van der Waals surface area contributed by atoms with Crippen molar-refractivity contribution in [1.82, 2.24) is 14.5 Å². The number of carbonyl (C=O) groups excluding carboxylic acids is 1. The molecular formula is C21H16N4O. The van der Waals surface area contributed by atoms with E-state index in [2.05, 4.69) is 15.9 Å². The number of carbonyl (C=O) groups is 1. The third-order valence-electron chi connectivity index (χ3n) is 4.44. The van der Waals surface area contributed by atoms with Crippen molar-refractivity contribution in [3.63, 3.8) is 0 Å². The molecule has 5 heteroatoms. The zero-order chi connectivity index (χ0) is 18.3. The maximum absolute atomic E-state index is 12.0. The Kier molecular flexibility index (Phi) is 3.74. The summed E-state index contributed by atoms with van der Waals surface area (Å²) in [6.07, 6.45) is 9.01. The minimum absolute atomic E-state index is 0.0797. The van der Waals surface area contributed by atoms with Crippen LogP contribution in [0.3, 0.4) is 0 Å². The first-order valence-electron chi connectivity index (χ1n) is 8.29. The number of terminal acetylenes is 1. The summed E-state index contributed by atoms with van der Waals surface area (Å²) in [6.45, 7) is 3.48. The van der Waals surface area contributed by atoms with Gasteiger partial charge >= 0.3 is 0 Å². The number of nitrogens with zero attached hydrogens (tertiary/aromatic N) is 4. The molecule has 26 heavy (non-hydrogen) atoms. The highest BCUT2D eigenvalue weighted by atomic mass is 16.1. The van der Waals surface area contributed by atoms with Gasteiger partial charge in [-0.1, -0.05) is 12.0 Å². The van der Waals surface area contributed by atoms with Gasteiger partial charge in [-0.2, -0.15) is 0 Å². The Hall–Kier alpha value is -3.52. The molecule has 1 atom stereocenters. The Morgan fingerprint density at radius 3 is 2.77 bits per heavy atom. The number of aliphatic imine (C=N–C) groups is 1. The van der Waals surface area contributed by atoms with E-state index in [1.807, 2.05) is 47.9 Å². The summed E-state index contributed by atoms with van der Waals surface area (Å²) in [7, 11) is 0. The van der Waals surface area contributed by atoms with Gasteiger partial charge in [0.05, 0.1) is 28.8 Å². The number of rotatable bonds is 2. The molecule has 0 unspecified atom stereocenters. The number of hydrogen-bond acceptors (Lipinski definition) is 4. The molecule has 3 aromatic rings. The van der Waals surface area contributed by atoms with Crippen LogP contribution in [0, 0.1) is 12.3 Å². The number of fused-ring (bicyclic) bond motifs is 3. The van der Waals surface area contributed by atoms with E-state index in [1.165, 1.54) is 6.92 Å². The van der Waals surface area contributed by atoms with Crippen LogP contribution in [0.1, 0.15) is 52.9 Å². The molecule has 2 aromatic heterocycles. The van der Waals surface area contributed by atoms with E-state index in [-0.39, 0.29) is 11.8 Å². The van der Waals surface area contributed by atoms with Crippen LogP contribution in [0.2, 0.25) is 0 Å². The van der Waals surface area contributed by atoms with E-state index >= 15 is 0 Å². The van der Waals surface area contributed by atoms with Gasteiger partial charge in [-0.05, 0) is 37.3 Å². The van der Waals surface area contributed by atoms with Crippen molar-refractivity contribution in [2.45, 2.75) is 19.9 Å². The molecule has 1 aliphatic rings. The van der Waals surface area contributed by atoms with Gasteiger partial charge in [-0.25, -0.2) is 4.98 Å². The van der Waals surface area contributed by atoms with E-state index in [4.69, 9.17) is 11.4 Å². The number of benzene rings is 1. The molecular weight excluding hydrogens is 324 g/mol. The Labute approximate surface area is 151 Å². The van der Waals surface area contributed by atoms with Crippen molar-refractivity contribution >= 4 is 11.5 Å². The van der Waals surface area contributed by atoms with Crippen LogP contribution in [0.25, 0.3) is 5.69 Å². The molecule has 0 bridgehead atoms. The highest BCUT2D eigenvalue weighted by Crippen LogP contribution is 2.32. The molecule has 0 N–H and O–H groups in total. The van der Waals surface area contributed by atoms with Crippen LogP contribution < -0.4 is 0 Å².